The first-order valence-electron chi connectivity index (χ1n) is 4.70. The Morgan fingerprint density at radius 1 is 1.00 bits per heavy atom. The van der Waals surface area contributed by atoms with Crippen LogP contribution in [0.4, 0.5) is 0 Å². The second-order valence-corrected chi connectivity index (χ2v) is 2.93. The minimum absolute atomic E-state index is 0.0255. The van der Waals surface area contributed by atoms with Crippen LogP contribution in [0.1, 0.15) is 55.4 Å². The van der Waals surface area contributed by atoms with Gasteiger partial charge in [0.05, 0.1) is 0 Å². The van der Waals surface area contributed by atoms with Gasteiger partial charge in [-0.1, -0.05) is 27.7 Å². The van der Waals surface area contributed by atoms with Crippen molar-refractivity contribution in [1.29, 1.82) is 0 Å². The molecule has 0 radical (unpaired) electrons. The Labute approximate surface area is 77.7 Å². The Balaban J connectivity index is -0.000000175. The molecule has 0 aromatic heterocycles. The van der Waals surface area contributed by atoms with Crippen molar-refractivity contribution in [3.8, 4) is 0 Å². The van der Waals surface area contributed by atoms with E-state index < -0.39 is 0 Å². The van der Waals surface area contributed by atoms with E-state index in [9.17, 15) is 4.79 Å². The summed E-state index contributed by atoms with van der Waals surface area (Å²) in [7, 11) is 0. The van der Waals surface area contributed by atoms with Crippen molar-refractivity contribution in [1.82, 2.24) is 5.32 Å². The van der Waals surface area contributed by atoms with Crippen LogP contribution < -0.4 is 5.32 Å². The van der Waals surface area contributed by atoms with Gasteiger partial charge in [0.25, 0.3) is 0 Å². The lowest BCUT2D eigenvalue weighted by atomic mass is 10.1. The summed E-state index contributed by atoms with van der Waals surface area (Å²) in [5.74, 6) is 0.0255. The predicted molar refractivity (Wildman–Crippen MR) is 56.3 cm³/mol. The molecule has 0 spiro atoms. The third-order valence-electron chi connectivity index (χ3n) is 0.551. The number of rotatable bonds is 0. The van der Waals surface area contributed by atoms with Crippen molar-refractivity contribution < 1.29 is 4.79 Å². The summed E-state index contributed by atoms with van der Waals surface area (Å²) >= 11 is 0. The van der Waals surface area contributed by atoms with Crippen LogP contribution in [0.3, 0.4) is 0 Å². The largest absolute Gasteiger partial charge is 0.352 e. The molecule has 0 atom stereocenters. The van der Waals surface area contributed by atoms with Crippen LogP contribution in [0.15, 0.2) is 0 Å². The molecule has 0 aliphatic heterocycles. The van der Waals surface area contributed by atoms with E-state index in [1.165, 1.54) is 6.92 Å². The van der Waals surface area contributed by atoms with Crippen LogP contribution in [0, 0.1) is 0 Å². The minimum atomic E-state index is -0.0775. The van der Waals surface area contributed by atoms with Crippen molar-refractivity contribution in [2.75, 3.05) is 0 Å². The normalized spacial score (nSPS) is 8.33. The molecule has 12 heavy (non-hydrogen) atoms. The molecule has 2 heteroatoms. The van der Waals surface area contributed by atoms with E-state index in [2.05, 4.69) is 5.32 Å². The third kappa shape index (κ3) is 34.0. The van der Waals surface area contributed by atoms with Gasteiger partial charge < -0.3 is 5.32 Å². The van der Waals surface area contributed by atoms with E-state index in [1.54, 1.807) is 0 Å². The summed E-state index contributed by atoms with van der Waals surface area (Å²) in [6, 6.07) is 0. The molecule has 0 fully saturated rings. The lowest BCUT2D eigenvalue weighted by Gasteiger charge is -2.18. The Bertz CT molecular complexity index is 92.5. The van der Waals surface area contributed by atoms with Crippen LogP contribution in [-0.2, 0) is 4.79 Å². The van der Waals surface area contributed by atoms with Crippen LogP contribution in [0.25, 0.3) is 0 Å². The molecule has 0 aromatic carbocycles. The molecule has 0 aromatic rings. The lowest BCUT2D eigenvalue weighted by Crippen LogP contribution is -2.38. The molecule has 0 saturated heterocycles. The molecule has 2 nitrogen and oxygen atoms in total. The Morgan fingerprint density at radius 3 is 1.25 bits per heavy atom. The van der Waals surface area contributed by atoms with E-state index in [0.29, 0.717) is 0 Å². The topological polar surface area (TPSA) is 29.1 Å². The monoisotopic (exact) mass is 175 g/mol. The average Bonchev–Trinajstić information content (AvgIpc) is 1.91. The van der Waals surface area contributed by atoms with Gasteiger partial charge in [-0.15, -0.1) is 0 Å². The highest BCUT2D eigenvalue weighted by Gasteiger charge is 2.08. The maximum atomic E-state index is 10.3. The first kappa shape index (κ1) is 17.5. The lowest BCUT2D eigenvalue weighted by molar-refractivity contribution is -0.120. The average molecular weight is 175 g/mol. The molecular formula is C10H25NO. The van der Waals surface area contributed by atoms with E-state index in [0.717, 1.165) is 0 Å². The molecule has 76 valence electrons. The number of nitrogens with one attached hydrogen (secondary N) is 1. The van der Waals surface area contributed by atoms with Crippen molar-refractivity contribution in [3.63, 3.8) is 0 Å². The molecule has 0 bridgehead atoms. The van der Waals surface area contributed by atoms with E-state index in [4.69, 9.17) is 0 Å². The fourth-order valence-corrected chi connectivity index (χ4v) is 0.528. The fourth-order valence-electron chi connectivity index (χ4n) is 0.528. The summed E-state index contributed by atoms with van der Waals surface area (Å²) in [6.45, 7) is 15.4. The smallest absolute Gasteiger partial charge is 0.217 e. The first-order valence-corrected chi connectivity index (χ1v) is 4.70. The summed E-state index contributed by atoms with van der Waals surface area (Å²) in [5, 5.41) is 2.74. The van der Waals surface area contributed by atoms with Crippen LogP contribution in [-0.4, -0.2) is 11.4 Å². The zero-order chi connectivity index (χ0) is 10.8. The highest BCUT2D eigenvalue weighted by atomic mass is 16.1. The van der Waals surface area contributed by atoms with Crippen LogP contribution >= 0.6 is 0 Å². The van der Waals surface area contributed by atoms with Gasteiger partial charge in [0, 0.05) is 12.5 Å². The van der Waals surface area contributed by atoms with E-state index in [-0.39, 0.29) is 11.4 Å². The molecule has 1 amide bonds. The molecule has 0 saturated carbocycles. The number of hydrogen-bond donors (Lipinski definition) is 1. The molecule has 0 rings (SSSR count). The zero-order valence-electron chi connectivity index (χ0n) is 9.91. The Morgan fingerprint density at radius 2 is 1.25 bits per heavy atom. The summed E-state index contributed by atoms with van der Waals surface area (Å²) in [4.78, 5) is 10.3. The Hall–Kier alpha value is -0.530. The molecular weight excluding hydrogens is 150 g/mol. The second kappa shape index (κ2) is 10.5. The SMILES string of the molecule is CC.CC.CC(=O)NC(C)(C)C. The maximum Gasteiger partial charge on any atom is 0.217 e. The molecule has 0 aliphatic carbocycles. The number of carbonyl (C=O) groups is 1. The maximum absolute atomic E-state index is 10.3. The third-order valence-corrected chi connectivity index (χ3v) is 0.551. The minimum Gasteiger partial charge on any atom is -0.352 e. The quantitative estimate of drug-likeness (QED) is 0.602. The van der Waals surface area contributed by atoms with Gasteiger partial charge in [0.1, 0.15) is 0 Å². The summed E-state index contributed by atoms with van der Waals surface area (Å²) in [5.41, 5.74) is -0.0775. The molecule has 1 N–H and O–H groups in total. The van der Waals surface area contributed by atoms with Crippen molar-refractivity contribution in [3.05, 3.63) is 0 Å². The molecule has 0 unspecified atom stereocenters. The zero-order valence-corrected chi connectivity index (χ0v) is 9.91. The van der Waals surface area contributed by atoms with Crippen molar-refractivity contribution >= 4 is 5.91 Å². The highest BCUT2D eigenvalue weighted by molar-refractivity contribution is 5.73. The van der Waals surface area contributed by atoms with E-state index in [1.807, 2.05) is 48.5 Å². The molecule has 0 heterocycles. The summed E-state index contributed by atoms with van der Waals surface area (Å²) in [6.07, 6.45) is 0. The predicted octanol–water partition coefficient (Wildman–Crippen LogP) is 2.97. The molecule has 0 aliphatic rings. The van der Waals surface area contributed by atoms with Gasteiger partial charge in [-0.05, 0) is 20.8 Å². The van der Waals surface area contributed by atoms with Gasteiger partial charge in [-0.2, -0.15) is 0 Å². The van der Waals surface area contributed by atoms with Gasteiger partial charge in [-0.3, -0.25) is 4.79 Å². The number of amides is 1. The number of carbonyl (C=O) groups excluding carboxylic acids is 1. The van der Waals surface area contributed by atoms with Gasteiger partial charge >= 0.3 is 0 Å². The standard InChI is InChI=1S/C6H13NO.2C2H6/c1-5(8)7-6(2,3)4;2*1-2/h1-4H3,(H,7,8);2*1-2H3. The van der Waals surface area contributed by atoms with Crippen LogP contribution in [0.2, 0.25) is 0 Å². The van der Waals surface area contributed by atoms with Gasteiger partial charge in [0.2, 0.25) is 5.91 Å². The first-order chi connectivity index (χ1) is 5.42. The fraction of sp³-hybridized carbons (Fsp3) is 0.900. The van der Waals surface area contributed by atoms with Crippen molar-refractivity contribution in [2.24, 2.45) is 0 Å². The van der Waals surface area contributed by atoms with Gasteiger partial charge in [-0.25, -0.2) is 0 Å². The second-order valence-electron chi connectivity index (χ2n) is 2.93. The van der Waals surface area contributed by atoms with Gasteiger partial charge in [0.15, 0.2) is 0 Å². The van der Waals surface area contributed by atoms with E-state index >= 15 is 0 Å². The summed E-state index contributed by atoms with van der Waals surface area (Å²) < 4.78 is 0. The number of hydrogen-bond acceptors (Lipinski definition) is 1. The van der Waals surface area contributed by atoms with Crippen LogP contribution in [0.5, 0.6) is 0 Å². The van der Waals surface area contributed by atoms with Crippen molar-refractivity contribution in [2.45, 2.75) is 60.9 Å². The Kier molecular flexibility index (Phi) is 15.3. The highest BCUT2D eigenvalue weighted by Crippen LogP contribution is 1.96.